The van der Waals surface area contributed by atoms with E-state index in [0.29, 0.717) is 10.0 Å². The Morgan fingerprint density at radius 2 is 1.95 bits per heavy atom. The lowest BCUT2D eigenvalue weighted by molar-refractivity contribution is 0.699. The first-order valence-corrected chi connectivity index (χ1v) is 8.82. The van der Waals surface area contributed by atoms with E-state index in [1.807, 2.05) is 25.2 Å². The third kappa shape index (κ3) is 2.86. The lowest BCUT2D eigenvalue weighted by Gasteiger charge is -2.17. The second kappa shape index (κ2) is 6.27. The maximum atomic E-state index is 6.16. The second-order valence-electron chi connectivity index (χ2n) is 4.70. The Labute approximate surface area is 146 Å². The summed E-state index contributed by atoms with van der Waals surface area (Å²) in [5.74, 6) is 0. The van der Waals surface area contributed by atoms with Crippen molar-refractivity contribution in [2.75, 3.05) is 7.05 Å². The summed E-state index contributed by atoms with van der Waals surface area (Å²) in [5, 5.41) is 7.97. The van der Waals surface area contributed by atoms with E-state index in [2.05, 4.69) is 44.8 Å². The van der Waals surface area contributed by atoms with E-state index in [9.17, 15) is 0 Å². The Kier molecular flexibility index (Phi) is 4.57. The highest BCUT2D eigenvalue weighted by molar-refractivity contribution is 9.10. The number of rotatable bonds is 3. The number of halogens is 3. The van der Waals surface area contributed by atoms with Crippen LogP contribution in [-0.4, -0.2) is 7.05 Å². The Balaban J connectivity index is 2.14. The van der Waals surface area contributed by atoms with Crippen molar-refractivity contribution in [1.82, 2.24) is 5.32 Å². The average Bonchev–Trinajstić information content (AvgIpc) is 2.89. The minimum Gasteiger partial charge on any atom is -0.309 e. The fourth-order valence-electron chi connectivity index (χ4n) is 2.46. The smallest absolute Gasteiger partial charge is 0.0595 e. The van der Waals surface area contributed by atoms with Gasteiger partial charge in [-0.05, 0) is 63.1 Å². The Morgan fingerprint density at radius 3 is 2.67 bits per heavy atom. The van der Waals surface area contributed by atoms with Crippen LogP contribution in [0.1, 0.15) is 17.2 Å². The molecule has 3 aromatic rings. The molecule has 0 fully saturated rings. The molecular weight excluding hydrogens is 389 g/mol. The monoisotopic (exact) mass is 399 g/mol. The molecule has 5 heteroatoms. The van der Waals surface area contributed by atoms with Crippen molar-refractivity contribution in [3.63, 3.8) is 0 Å². The van der Waals surface area contributed by atoms with Gasteiger partial charge in [-0.3, -0.25) is 0 Å². The standard InChI is InChI=1S/C16H12BrCl2NS/c1-20-15(9-5-6-13(18)14(19)7-9)11-8-21-16-10(11)3-2-4-12(16)17/h2-8,15,20H,1H3. The zero-order chi connectivity index (χ0) is 15.0. The summed E-state index contributed by atoms with van der Waals surface area (Å²) in [5.41, 5.74) is 2.35. The second-order valence-corrected chi connectivity index (χ2v) is 7.25. The minimum atomic E-state index is 0.0859. The third-order valence-corrected chi connectivity index (χ3v) is 6.17. The molecule has 0 saturated heterocycles. The molecule has 21 heavy (non-hydrogen) atoms. The van der Waals surface area contributed by atoms with E-state index in [4.69, 9.17) is 23.2 Å². The zero-order valence-electron chi connectivity index (χ0n) is 11.2. The van der Waals surface area contributed by atoms with Gasteiger partial charge in [0.25, 0.3) is 0 Å². The topological polar surface area (TPSA) is 12.0 Å². The van der Waals surface area contributed by atoms with Gasteiger partial charge in [-0.2, -0.15) is 0 Å². The van der Waals surface area contributed by atoms with Crippen molar-refractivity contribution in [1.29, 1.82) is 0 Å². The Bertz CT molecular complexity index is 800. The molecule has 0 bridgehead atoms. The van der Waals surface area contributed by atoms with Crippen molar-refractivity contribution >= 4 is 60.6 Å². The molecular formula is C16H12BrCl2NS. The predicted octanol–water partition coefficient (Wildman–Crippen LogP) is 6.28. The molecule has 1 heterocycles. The maximum absolute atomic E-state index is 6.16. The van der Waals surface area contributed by atoms with Crippen LogP contribution < -0.4 is 5.32 Å². The molecule has 0 aliphatic heterocycles. The number of fused-ring (bicyclic) bond motifs is 1. The molecule has 2 aromatic carbocycles. The highest BCUT2D eigenvalue weighted by atomic mass is 79.9. The van der Waals surface area contributed by atoms with Crippen molar-refractivity contribution in [2.45, 2.75) is 6.04 Å². The lowest BCUT2D eigenvalue weighted by Crippen LogP contribution is -2.17. The highest BCUT2D eigenvalue weighted by Gasteiger charge is 2.18. The van der Waals surface area contributed by atoms with Crippen molar-refractivity contribution in [3.8, 4) is 0 Å². The summed E-state index contributed by atoms with van der Waals surface area (Å²) < 4.78 is 2.38. The molecule has 1 aromatic heterocycles. The number of benzene rings is 2. The van der Waals surface area contributed by atoms with Gasteiger partial charge in [-0.15, -0.1) is 11.3 Å². The number of hydrogen-bond acceptors (Lipinski definition) is 2. The van der Waals surface area contributed by atoms with Gasteiger partial charge in [0, 0.05) is 9.17 Å². The van der Waals surface area contributed by atoms with Crippen LogP contribution in [-0.2, 0) is 0 Å². The van der Waals surface area contributed by atoms with Crippen LogP contribution in [0.3, 0.4) is 0 Å². The largest absolute Gasteiger partial charge is 0.309 e. The lowest BCUT2D eigenvalue weighted by atomic mass is 9.98. The molecule has 108 valence electrons. The summed E-state index contributed by atoms with van der Waals surface area (Å²) in [6, 6.07) is 12.1. The Morgan fingerprint density at radius 1 is 1.14 bits per heavy atom. The molecule has 0 saturated carbocycles. The quantitative estimate of drug-likeness (QED) is 0.545. The first kappa shape index (κ1) is 15.3. The summed E-state index contributed by atoms with van der Waals surface area (Å²) in [4.78, 5) is 0. The van der Waals surface area contributed by atoms with Crippen molar-refractivity contribution in [3.05, 3.63) is 67.4 Å². The molecule has 0 amide bonds. The van der Waals surface area contributed by atoms with Crippen molar-refractivity contribution in [2.24, 2.45) is 0 Å². The van der Waals surface area contributed by atoms with E-state index in [1.54, 1.807) is 11.3 Å². The van der Waals surface area contributed by atoms with Gasteiger partial charge in [-0.25, -0.2) is 0 Å². The van der Waals surface area contributed by atoms with Crippen LogP contribution in [0.5, 0.6) is 0 Å². The van der Waals surface area contributed by atoms with E-state index in [1.165, 1.54) is 15.6 Å². The first-order valence-electron chi connectivity index (χ1n) is 6.39. The maximum Gasteiger partial charge on any atom is 0.0595 e. The summed E-state index contributed by atoms with van der Waals surface area (Å²) in [6.45, 7) is 0. The molecule has 0 radical (unpaired) electrons. The molecule has 0 aliphatic rings. The minimum absolute atomic E-state index is 0.0859. The van der Waals surface area contributed by atoms with Crippen LogP contribution in [0.15, 0.2) is 46.3 Å². The Hall–Kier alpha value is -0.580. The summed E-state index contributed by atoms with van der Waals surface area (Å²) in [7, 11) is 1.95. The number of nitrogens with one attached hydrogen (secondary N) is 1. The van der Waals surface area contributed by atoms with Crippen LogP contribution in [0, 0.1) is 0 Å². The third-order valence-electron chi connectivity index (χ3n) is 3.46. The zero-order valence-corrected chi connectivity index (χ0v) is 15.1. The molecule has 3 rings (SSSR count). The summed E-state index contributed by atoms with van der Waals surface area (Å²) >= 11 is 17.5. The normalized spacial score (nSPS) is 12.8. The number of thiophene rings is 1. The van der Waals surface area contributed by atoms with Crippen LogP contribution in [0.2, 0.25) is 10.0 Å². The van der Waals surface area contributed by atoms with Crippen molar-refractivity contribution < 1.29 is 0 Å². The van der Waals surface area contributed by atoms with Crippen LogP contribution in [0.25, 0.3) is 10.1 Å². The van der Waals surface area contributed by atoms with Crippen LogP contribution >= 0.6 is 50.5 Å². The molecule has 0 aliphatic carbocycles. The van der Waals surface area contributed by atoms with E-state index < -0.39 is 0 Å². The van der Waals surface area contributed by atoms with Gasteiger partial charge in [-0.1, -0.05) is 41.4 Å². The van der Waals surface area contributed by atoms with E-state index in [0.717, 1.165) is 10.0 Å². The van der Waals surface area contributed by atoms with Gasteiger partial charge >= 0.3 is 0 Å². The van der Waals surface area contributed by atoms with E-state index >= 15 is 0 Å². The molecule has 1 nitrogen and oxygen atoms in total. The van der Waals surface area contributed by atoms with E-state index in [-0.39, 0.29) is 6.04 Å². The highest BCUT2D eigenvalue weighted by Crippen LogP contribution is 2.38. The van der Waals surface area contributed by atoms with Gasteiger partial charge < -0.3 is 5.32 Å². The van der Waals surface area contributed by atoms with Gasteiger partial charge in [0.2, 0.25) is 0 Å². The van der Waals surface area contributed by atoms with Crippen LogP contribution in [0.4, 0.5) is 0 Å². The fraction of sp³-hybridized carbons (Fsp3) is 0.125. The predicted molar refractivity (Wildman–Crippen MR) is 96.9 cm³/mol. The molecule has 1 unspecified atom stereocenters. The number of hydrogen-bond donors (Lipinski definition) is 1. The fourth-order valence-corrected chi connectivity index (χ4v) is 4.41. The summed E-state index contributed by atoms with van der Waals surface area (Å²) in [6.07, 6.45) is 0. The molecule has 1 atom stereocenters. The van der Waals surface area contributed by atoms with Gasteiger partial charge in [0.05, 0.1) is 16.1 Å². The SMILES string of the molecule is CNC(c1ccc(Cl)c(Cl)c1)c1csc2c(Br)cccc12. The molecule has 1 N–H and O–H groups in total. The average molecular weight is 401 g/mol. The van der Waals surface area contributed by atoms with Gasteiger partial charge in [0.1, 0.15) is 0 Å². The first-order chi connectivity index (χ1) is 10.1. The van der Waals surface area contributed by atoms with Gasteiger partial charge in [0.15, 0.2) is 0 Å². The molecule has 0 spiro atoms.